The van der Waals surface area contributed by atoms with E-state index in [9.17, 15) is 18.0 Å². The Morgan fingerprint density at radius 3 is 2.59 bits per heavy atom. The Morgan fingerprint density at radius 1 is 1.21 bits per heavy atom. The van der Waals surface area contributed by atoms with E-state index >= 15 is 0 Å². The number of hydrogen-bond acceptors (Lipinski definition) is 3. The first kappa shape index (κ1) is 19.5. The Hall–Kier alpha value is -2.81. The fourth-order valence-electron chi connectivity index (χ4n) is 3.09. The Balaban J connectivity index is 1.42. The maximum absolute atomic E-state index is 13.1. The fraction of sp³-hybridized carbons (Fsp3) is 0.316. The van der Waals surface area contributed by atoms with Crippen molar-refractivity contribution in [2.24, 2.45) is 0 Å². The van der Waals surface area contributed by atoms with Gasteiger partial charge in [-0.3, -0.25) is 14.2 Å². The van der Waals surface area contributed by atoms with E-state index in [2.05, 4.69) is 15.5 Å². The second-order valence-corrected chi connectivity index (χ2v) is 7.27. The predicted octanol–water partition coefficient (Wildman–Crippen LogP) is 4.37. The maximum atomic E-state index is 13.1. The van der Waals surface area contributed by atoms with Crippen molar-refractivity contribution in [3.05, 3.63) is 64.3 Å². The number of amides is 1. The van der Waals surface area contributed by atoms with Crippen molar-refractivity contribution in [1.29, 1.82) is 0 Å². The Morgan fingerprint density at radius 2 is 1.93 bits per heavy atom. The molecule has 1 saturated carbocycles. The molecule has 2 aromatic heterocycles. The summed E-state index contributed by atoms with van der Waals surface area (Å²) < 4.78 is 42.0. The van der Waals surface area contributed by atoms with Crippen LogP contribution >= 0.6 is 11.6 Å². The molecule has 1 amide bonds. The van der Waals surface area contributed by atoms with Crippen LogP contribution in [-0.2, 0) is 17.9 Å². The van der Waals surface area contributed by atoms with E-state index < -0.39 is 18.0 Å². The van der Waals surface area contributed by atoms with Crippen LogP contribution in [0.3, 0.4) is 0 Å². The largest absolute Gasteiger partial charge is 0.308 e. The average Bonchev–Trinajstić information content (AvgIpc) is 3.32. The third-order valence-corrected chi connectivity index (χ3v) is 4.97. The predicted molar refractivity (Wildman–Crippen MR) is 101 cm³/mol. The van der Waals surface area contributed by atoms with Crippen LogP contribution in [-0.4, -0.2) is 25.5 Å². The number of benzene rings is 1. The summed E-state index contributed by atoms with van der Waals surface area (Å²) in [5.41, 5.74) is 0.844. The van der Waals surface area contributed by atoms with Crippen molar-refractivity contribution < 1.29 is 18.0 Å². The SMILES string of the molecule is O=C(Cn1nc(C(F)F)c(Cl)c1C1CC1)Nc1ccn(Cc2ccc(F)cc2)n1. The van der Waals surface area contributed by atoms with Gasteiger partial charge in [0, 0.05) is 18.2 Å². The van der Waals surface area contributed by atoms with Crippen molar-refractivity contribution in [2.45, 2.75) is 38.3 Å². The number of hydrogen-bond donors (Lipinski definition) is 1. The van der Waals surface area contributed by atoms with E-state index in [4.69, 9.17) is 11.6 Å². The Bertz CT molecular complexity index is 1030. The smallest absolute Gasteiger partial charge is 0.283 e. The van der Waals surface area contributed by atoms with Gasteiger partial charge >= 0.3 is 0 Å². The van der Waals surface area contributed by atoms with Crippen LogP contribution in [0.4, 0.5) is 19.0 Å². The van der Waals surface area contributed by atoms with Gasteiger partial charge in [0.2, 0.25) is 5.91 Å². The highest BCUT2D eigenvalue weighted by atomic mass is 35.5. The number of anilines is 1. The second-order valence-electron chi connectivity index (χ2n) is 6.89. The molecule has 1 aliphatic rings. The van der Waals surface area contributed by atoms with Crippen LogP contribution in [0, 0.1) is 5.82 Å². The molecule has 29 heavy (non-hydrogen) atoms. The van der Waals surface area contributed by atoms with Gasteiger partial charge in [0.15, 0.2) is 5.82 Å². The standard InChI is InChI=1S/C19H17ClF3N5O/c20-16-17(19(22)23)26-28(18(16)12-3-4-12)10-15(29)24-14-7-8-27(25-14)9-11-1-5-13(21)6-2-11/h1-2,5-8,12,19H,3-4,9-10H2,(H,24,25,29). The minimum absolute atomic E-state index is 0.0566. The molecule has 1 aliphatic carbocycles. The summed E-state index contributed by atoms with van der Waals surface area (Å²) in [6.07, 6.45) is 0.549. The Kier molecular flexibility index (Phi) is 5.31. The summed E-state index contributed by atoms with van der Waals surface area (Å²) in [6.45, 7) is 0.178. The average molecular weight is 424 g/mol. The highest BCUT2D eigenvalue weighted by Crippen LogP contribution is 2.45. The van der Waals surface area contributed by atoms with Crippen molar-refractivity contribution in [3.8, 4) is 0 Å². The zero-order valence-corrected chi connectivity index (χ0v) is 15.9. The van der Waals surface area contributed by atoms with Gasteiger partial charge in [0.05, 0.1) is 17.3 Å². The first-order valence-electron chi connectivity index (χ1n) is 9.02. The molecule has 1 N–H and O–H groups in total. The zero-order valence-electron chi connectivity index (χ0n) is 15.2. The molecule has 0 unspecified atom stereocenters. The lowest BCUT2D eigenvalue weighted by atomic mass is 10.2. The summed E-state index contributed by atoms with van der Waals surface area (Å²) in [4.78, 5) is 12.4. The van der Waals surface area contributed by atoms with Crippen LogP contribution < -0.4 is 5.32 Å². The fourth-order valence-corrected chi connectivity index (χ4v) is 3.46. The molecule has 0 spiro atoms. The monoisotopic (exact) mass is 423 g/mol. The molecule has 6 nitrogen and oxygen atoms in total. The summed E-state index contributed by atoms with van der Waals surface area (Å²) in [5.74, 6) is -0.386. The molecule has 4 rings (SSSR count). The lowest BCUT2D eigenvalue weighted by Gasteiger charge is -2.07. The topological polar surface area (TPSA) is 64.7 Å². The van der Waals surface area contributed by atoms with Gasteiger partial charge in [-0.2, -0.15) is 10.2 Å². The first-order chi connectivity index (χ1) is 13.9. The van der Waals surface area contributed by atoms with Gasteiger partial charge in [-0.25, -0.2) is 13.2 Å². The highest BCUT2D eigenvalue weighted by molar-refractivity contribution is 6.32. The van der Waals surface area contributed by atoms with Crippen LogP contribution in [0.15, 0.2) is 36.5 Å². The number of nitrogens with one attached hydrogen (secondary N) is 1. The molecule has 1 fully saturated rings. The first-order valence-corrected chi connectivity index (χ1v) is 9.40. The van der Waals surface area contributed by atoms with Gasteiger partial charge < -0.3 is 5.32 Å². The van der Waals surface area contributed by atoms with E-state index in [-0.39, 0.29) is 23.3 Å². The van der Waals surface area contributed by atoms with Crippen molar-refractivity contribution in [1.82, 2.24) is 19.6 Å². The number of nitrogens with zero attached hydrogens (tertiary/aromatic N) is 4. The van der Waals surface area contributed by atoms with E-state index in [0.717, 1.165) is 18.4 Å². The van der Waals surface area contributed by atoms with Gasteiger partial charge in [0.1, 0.15) is 18.1 Å². The van der Waals surface area contributed by atoms with Crippen LogP contribution in [0.5, 0.6) is 0 Å². The molecule has 0 saturated heterocycles. The van der Waals surface area contributed by atoms with Gasteiger partial charge in [0.25, 0.3) is 6.43 Å². The van der Waals surface area contributed by atoms with Crippen molar-refractivity contribution in [3.63, 3.8) is 0 Å². The summed E-state index contributed by atoms with van der Waals surface area (Å²) in [5, 5.41) is 10.7. The van der Waals surface area contributed by atoms with E-state index in [1.807, 2.05) is 0 Å². The molecule has 0 bridgehead atoms. The second kappa shape index (κ2) is 7.90. The zero-order chi connectivity index (χ0) is 20.5. The van der Waals surface area contributed by atoms with E-state index in [0.29, 0.717) is 18.1 Å². The van der Waals surface area contributed by atoms with Gasteiger partial charge in [-0.15, -0.1) is 0 Å². The molecular formula is C19H17ClF3N5O. The van der Waals surface area contributed by atoms with Crippen molar-refractivity contribution >= 4 is 23.3 Å². The lowest BCUT2D eigenvalue weighted by Crippen LogP contribution is -2.21. The maximum Gasteiger partial charge on any atom is 0.283 e. The summed E-state index contributed by atoms with van der Waals surface area (Å²) in [7, 11) is 0. The van der Waals surface area contributed by atoms with Crippen LogP contribution in [0.25, 0.3) is 0 Å². The molecular weight excluding hydrogens is 407 g/mol. The minimum atomic E-state index is -2.80. The quantitative estimate of drug-likeness (QED) is 0.613. The lowest BCUT2D eigenvalue weighted by molar-refractivity contribution is -0.117. The molecule has 0 atom stereocenters. The molecule has 1 aromatic carbocycles. The number of alkyl halides is 2. The summed E-state index contributed by atoms with van der Waals surface area (Å²) >= 11 is 6.06. The third-order valence-electron chi connectivity index (χ3n) is 4.59. The number of carbonyl (C=O) groups excluding carboxylic acids is 1. The Labute approximate surface area is 169 Å². The number of carbonyl (C=O) groups is 1. The van der Waals surface area contributed by atoms with Gasteiger partial charge in [-0.05, 0) is 30.5 Å². The number of rotatable bonds is 7. The molecule has 2 heterocycles. The summed E-state index contributed by atoms with van der Waals surface area (Å²) in [6, 6.07) is 7.64. The van der Waals surface area contributed by atoms with Gasteiger partial charge in [-0.1, -0.05) is 23.7 Å². The normalized spacial score (nSPS) is 13.8. The molecule has 0 radical (unpaired) electrons. The minimum Gasteiger partial charge on any atom is -0.308 e. The molecule has 3 aromatic rings. The highest BCUT2D eigenvalue weighted by Gasteiger charge is 2.34. The molecule has 0 aliphatic heterocycles. The van der Waals surface area contributed by atoms with E-state index in [1.54, 1.807) is 29.1 Å². The van der Waals surface area contributed by atoms with Crippen LogP contribution in [0.1, 0.15) is 42.1 Å². The molecule has 10 heteroatoms. The van der Waals surface area contributed by atoms with Crippen molar-refractivity contribution in [2.75, 3.05) is 5.32 Å². The molecule has 152 valence electrons. The number of aromatic nitrogens is 4. The van der Waals surface area contributed by atoms with E-state index in [1.165, 1.54) is 16.8 Å². The third kappa shape index (κ3) is 4.45. The van der Waals surface area contributed by atoms with Crippen LogP contribution in [0.2, 0.25) is 5.02 Å². The number of halogens is 4.